The van der Waals surface area contributed by atoms with Gasteiger partial charge in [-0.2, -0.15) is 0 Å². The van der Waals surface area contributed by atoms with Crippen LogP contribution in [0.15, 0.2) is 79.7 Å². The molecule has 33 heavy (non-hydrogen) atoms. The molecule has 0 aliphatic carbocycles. The molecule has 0 amide bonds. The summed E-state index contributed by atoms with van der Waals surface area (Å²) in [5, 5.41) is 4.21. The van der Waals surface area contributed by atoms with Crippen molar-refractivity contribution in [2.45, 2.75) is 32.7 Å². The monoisotopic (exact) mass is 446 g/mol. The number of methoxy groups -OCH3 is 2. The van der Waals surface area contributed by atoms with Gasteiger partial charge in [0.1, 0.15) is 12.1 Å². The van der Waals surface area contributed by atoms with Crippen LogP contribution in [0.4, 0.5) is 11.5 Å². The molecule has 174 valence electrons. The van der Waals surface area contributed by atoms with E-state index in [9.17, 15) is 0 Å². The normalized spacial score (nSPS) is 11.3. The Morgan fingerprint density at radius 3 is 2.18 bits per heavy atom. The van der Waals surface area contributed by atoms with E-state index >= 15 is 0 Å². The van der Waals surface area contributed by atoms with Crippen molar-refractivity contribution in [3.8, 4) is 11.5 Å². The van der Waals surface area contributed by atoms with Crippen molar-refractivity contribution >= 4 is 22.4 Å². The van der Waals surface area contributed by atoms with Gasteiger partial charge in [-0.1, -0.05) is 43.5 Å². The van der Waals surface area contributed by atoms with Gasteiger partial charge in [0.25, 0.3) is 0 Å². The molecular weight excluding hydrogens is 412 g/mol. The van der Waals surface area contributed by atoms with Crippen LogP contribution in [0.2, 0.25) is 0 Å². The van der Waals surface area contributed by atoms with Crippen LogP contribution in [0.5, 0.6) is 11.5 Å². The van der Waals surface area contributed by atoms with Crippen LogP contribution >= 0.6 is 0 Å². The van der Waals surface area contributed by atoms with E-state index in [1.165, 1.54) is 11.9 Å². The molecule has 1 heterocycles. The Morgan fingerprint density at radius 2 is 1.64 bits per heavy atom. The maximum Gasteiger partial charge on any atom is 0.162 e. The zero-order valence-corrected chi connectivity index (χ0v) is 20.2. The molecule has 0 aliphatic rings. The summed E-state index contributed by atoms with van der Waals surface area (Å²) in [6, 6.07) is 11.9. The van der Waals surface area contributed by atoms with Crippen LogP contribution in [0, 0.1) is 0 Å². The Balaban J connectivity index is 0.000000696. The molecular formula is C27H34N4O2. The van der Waals surface area contributed by atoms with Crippen molar-refractivity contribution in [3.05, 3.63) is 85.2 Å². The highest BCUT2D eigenvalue weighted by Gasteiger charge is 2.11. The van der Waals surface area contributed by atoms with Crippen LogP contribution in [0.25, 0.3) is 10.9 Å². The Bertz CT molecular complexity index is 1110. The summed E-state index contributed by atoms with van der Waals surface area (Å²) in [7, 11) is 3.21. The first-order valence-electron chi connectivity index (χ1n) is 10.6. The van der Waals surface area contributed by atoms with E-state index in [0.29, 0.717) is 17.3 Å². The average molecular weight is 447 g/mol. The van der Waals surface area contributed by atoms with Crippen LogP contribution in [0.1, 0.15) is 26.3 Å². The number of nitrogens with two attached hydrogens (primary N) is 1. The number of fused-ring (bicyclic) bond motifs is 1. The van der Waals surface area contributed by atoms with Gasteiger partial charge in [-0.25, -0.2) is 9.97 Å². The van der Waals surface area contributed by atoms with Gasteiger partial charge in [0, 0.05) is 22.7 Å². The van der Waals surface area contributed by atoms with E-state index in [0.717, 1.165) is 28.6 Å². The molecule has 3 rings (SSSR count). The number of allylic oxidation sites excluding steroid dienone is 4. The van der Waals surface area contributed by atoms with E-state index in [2.05, 4.69) is 40.6 Å². The zero-order valence-electron chi connectivity index (χ0n) is 20.2. The van der Waals surface area contributed by atoms with E-state index in [1.807, 2.05) is 57.2 Å². The summed E-state index contributed by atoms with van der Waals surface area (Å²) in [4.78, 5) is 8.72. The summed E-state index contributed by atoms with van der Waals surface area (Å²) in [5.41, 5.74) is 9.38. The summed E-state index contributed by atoms with van der Waals surface area (Å²) in [5.74, 6) is 1.97. The second kappa shape index (κ2) is 11.8. The third-order valence-electron chi connectivity index (χ3n) is 4.36. The lowest BCUT2D eigenvalue weighted by atomic mass is 10.0. The summed E-state index contributed by atoms with van der Waals surface area (Å²) in [6.45, 7) is 13.5. The molecule has 6 nitrogen and oxygen atoms in total. The smallest absolute Gasteiger partial charge is 0.162 e. The number of aromatic nitrogens is 2. The largest absolute Gasteiger partial charge is 0.493 e. The Morgan fingerprint density at radius 1 is 1.03 bits per heavy atom. The van der Waals surface area contributed by atoms with Gasteiger partial charge < -0.3 is 20.5 Å². The highest BCUT2D eigenvalue weighted by atomic mass is 16.5. The molecule has 0 radical (unpaired) electrons. The minimum atomic E-state index is 0. The molecule has 0 bridgehead atoms. The number of nitrogens with zero attached hydrogens (tertiary/aromatic N) is 2. The minimum Gasteiger partial charge on any atom is -0.493 e. The van der Waals surface area contributed by atoms with E-state index < -0.39 is 0 Å². The zero-order chi connectivity index (χ0) is 24.4. The van der Waals surface area contributed by atoms with Crippen molar-refractivity contribution in [2.24, 2.45) is 5.73 Å². The third-order valence-corrected chi connectivity index (χ3v) is 4.36. The molecule has 0 aliphatic heterocycles. The molecule has 6 heteroatoms. The van der Waals surface area contributed by atoms with Crippen molar-refractivity contribution in [1.82, 2.24) is 9.97 Å². The molecule has 0 fully saturated rings. The first-order chi connectivity index (χ1) is 15.7. The van der Waals surface area contributed by atoms with Crippen molar-refractivity contribution in [1.29, 1.82) is 0 Å². The van der Waals surface area contributed by atoms with Crippen molar-refractivity contribution in [3.63, 3.8) is 0 Å². The lowest BCUT2D eigenvalue weighted by molar-refractivity contribution is 0.356. The topological polar surface area (TPSA) is 82.3 Å². The first kappa shape index (κ1) is 25.6. The van der Waals surface area contributed by atoms with Crippen LogP contribution in [-0.4, -0.2) is 29.7 Å². The predicted octanol–water partition coefficient (Wildman–Crippen LogP) is 5.98. The second-order valence-corrected chi connectivity index (χ2v) is 8.49. The number of benzene rings is 2. The maximum atomic E-state index is 5.40. The molecule has 3 aromatic rings. The Kier molecular flexibility index (Phi) is 9.18. The molecule has 1 aromatic heterocycles. The maximum absolute atomic E-state index is 5.40. The van der Waals surface area contributed by atoms with Crippen LogP contribution in [-0.2, 0) is 6.42 Å². The number of hydrogen-bond acceptors (Lipinski definition) is 6. The molecule has 3 N–H and O–H groups in total. The number of rotatable bonds is 8. The molecule has 0 saturated heterocycles. The van der Waals surface area contributed by atoms with Crippen molar-refractivity contribution < 1.29 is 9.47 Å². The fourth-order valence-electron chi connectivity index (χ4n) is 2.91. The Labute approximate surface area is 196 Å². The summed E-state index contributed by atoms with van der Waals surface area (Å²) >= 11 is 0. The highest BCUT2D eigenvalue weighted by molar-refractivity contribution is 5.93. The first-order valence-corrected chi connectivity index (χ1v) is 10.6. The second-order valence-electron chi connectivity index (χ2n) is 8.49. The van der Waals surface area contributed by atoms with Crippen LogP contribution in [0.3, 0.4) is 0 Å². The molecule has 0 unspecified atom stereocenters. The Hall–Kier alpha value is -3.64. The number of ether oxygens (including phenoxy) is 2. The van der Waals surface area contributed by atoms with Gasteiger partial charge in [0.15, 0.2) is 11.5 Å². The summed E-state index contributed by atoms with van der Waals surface area (Å²) < 4.78 is 10.8. The van der Waals surface area contributed by atoms with Gasteiger partial charge in [-0.05, 0) is 56.5 Å². The molecule has 0 spiro atoms. The van der Waals surface area contributed by atoms with Gasteiger partial charge in [-0.3, -0.25) is 0 Å². The lowest BCUT2D eigenvalue weighted by Crippen LogP contribution is -2.26. The molecule has 0 saturated carbocycles. The molecule has 0 atom stereocenters. The van der Waals surface area contributed by atoms with Gasteiger partial charge in [0.05, 0.1) is 19.7 Å². The van der Waals surface area contributed by atoms with Gasteiger partial charge >= 0.3 is 0 Å². The van der Waals surface area contributed by atoms with E-state index in [-0.39, 0.29) is 5.54 Å². The SMILES string of the molecule is C=C/C=C(\C=C)Cc1ccc(Nc2ncnc3cc(OC)c(OC)cc23)cc1.CC(C)(C)N. The van der Waals surface area contributed by atoms with E-state index in [1.54, 1.807) is 20.3 Å². The quantitative estimate of drug-likeness (QED) is 0.415. The predicted molar refractivity (Wildman–Crippen MR) is 138 cm³/mol. The van der Waals surface area contributed by atoms with Crippen LogP contribution < -0.4 is 20.5 Å². The highest BCUT2D eigenvalue weighted by Crippen LogP contribution is 2.34. The average Bonchev–Trinajstić information content (AvgIpc) is 2.78. The van der Waals surface area contributed by atoms with Gasteiger partial charge in [0.2, 0.25) is 0 Å². The molecule has 2 aromatic carbocycles. The van der Waals surface area contributed by atoms with Gasteiger partial charge in [-0.15, -0.1) is 0 Å². The minimum absolute atomic E-state index is 0. The third kappa shape index (κ3) is 8.09. The number of nitrogens with one attached hydrogen (secondary N) is 1. The lowest BCUT2D eigenvalue weighted by Gasteiger charge is -2.12. The summed E-state index contributed by atoms with van der Waals surface area (Å²) in [6.07, 6.45) is 7.93. The number of anilines is 2. The number of hydrogen-bond donors (Lipinski definition) is 2. The van der Waals surface area contributed by atoms with E-state index in [4.69, 9.17) is 15.2 Å². The standard InChI is InChI=1S/C23H23N3O2.C4H11N/c1-5-7-16(6-2)12-17-8-10-18(11-9-17)26-23-19-13-21(27-3)22(28-4)14-20(19)24-15-25-23;1-4(2,3)5/h5-11,13-15H,1-2,12H2,3-4H3,(H,24,25,26);5H2,1-3H3/b16-7+;. The fourth-order valence-corrected chi connectivity index (χ4v) is 2.91. The fraction of sp³-hybridized carbons (Fsp3) is 0.259. The van der Waals surface area contributed by atoms with Crippen molar-refractivity contribution in [2.75, 3.05) is 19.5 Å².